The highest BCUT2D eigenvalue weighted by atomic mass is 32.2. The predicted molar refractivity (Wildman–Crippen MR) is 141 cm³/mol. The minimum Gasteiger partial charge on any atom is -0.449 e. The Labute approximate surface area is 223 Å². The molecular formula is C25H37N5O7S. The first kappa shape index (κ1) is 29.7. The molecule has 1 aliphatic rings. The largest absolute Gasteiger partial charge is 0.449 e. The van der Waals surface area contributed by atoms with Crippen LogP contribution in [0.3, 0.4) is 0 Å². The van der Waals surface area contributed by atoms with E-state index in [0.29, 0.717) is 35.9 Å². The summed E-state index contributed by atoms with van der Waals surface area (Å²) in [6.07, 6.45) is 2.83. The van der Waals surface area contributed by atoms with Crippen molar-refractivity contribution in [3.05, 3.63) is 29.7 Å². The van der Waals surface area contributed by atoms with Gasteiger partial charge in [0.2, 0.25) is 5.91 Å². The van der Waals surface area contributed by atoms with E-state index in [1.165, 1.54) is 4.31 Å². The van der Waals surface area contributed by atoms with E-state index in [4.69, 9.17) is 9.15 Å². The SMILES string of the molecule is CCCC(NC(=O)[C@H](CC(C)C)NC(=O)c1oc2cccnc2c1C)C(=O)CNS(=O)(=O)N1CCOCC1. The molecule has 0 bridgehead atoms. The van der Waals surface area contributed by atoms with Gasteiger partial charge >= 0.3 is 0 Å². The number of carbonyl (C=O) groups excluding carboxylic acids is 3. The molecule has 1 unspecified atom stereocenters. The number of carbonyl (C=O) groups is 3. The van der Waals surface area contributed by atoms with Crippen molar-refractivity contribution in [2.24, 2.45) is 5.92 Å². The minimum absolute atomic E-state index is 0.0603. The van der Waals surface area contributed by atoms with Crippen molar-refractivity contribution >= 4 is 38.9 Å². The van der Waals surface area contributed by atoms with E-state index in [0.717, 1.165) is 0 Å². The number of ketones is 1. The van der Waals surface area contributed by atoms with Crippen LogP contribution in [0.4, 0.5) is 0 Å². The number of nitrogens with zero attached hydrogens (tertiary/aromatic N) is 2. The van der Waals surface area contributed by atoms with Gasteiger partial charge in [0.1, 0.15) is 11.6 Å². The Kier molecular flexibility index (Phi) is 10.4. The van der Waals surface area contributed by atoms with Gasteiger partial charge < -0.3 is 19.8 Å². The van der Waals surface area contributed by atoms with Crippen molar-refractivity contribution in [3.8, 4) is 0 Å². The fraction of sp³-hybridized carbons (Fsp3) is 0.600. The number of aromatic nitrogens is 1. The molecule has 3 rings (SSSR count). The fourth-order valence-electron chi connectivity index (χ4n) is 4.23. The maximum absolute atomic E-state index is 13.3. The van der Waals surface area contributed by atoms with E-state index >= 15 is 0 Å². The summed E-state index contributed by atoms with van der Waals surface area (Å²) in [4.78, 5) is 43.5. The van der Waals surface area contributed by atoms with Gasteiger partial charge in [0.25, 0.3) is 16.1 Å². The van der Waals surface area contributed by atoms with Crippen molar-refractivity contribution in [2.45, 2.75) is 59.0 Å². The summed E-state index contributed by atoms with van der Waals surface area (Å²) < 4.78 is 39.5. The molecule has 13 heteroatoms. The smallest absolute Gasteiger partial charge is 0.288 e. The first-order valence-corrected chi connectivity index (χ1v) is 14.3. The van der Waals surface area contributed by atoms with E-state index in [1.807, 2.05) is 20.8 Å². The van der Waals surface area contributed by atoms with Crippen molar-refractivity contribution in [1.29, 1.82) is 0 Å². The second-order valence-electron chi connectivity index (χ2n) is 9.72. The number of furan rings is 1. The lowest BCUT2D eigenvalue weighted by Gasteiger charge is -2.27. The second kappa shape index (κ2) is 13.3. The lowest BCUT2D eigenvalue weighted by Crippen LogP contribution is -2.54. The van der Waals surface area contributed by atoms with Gasteiger partial charge in [-0.1, -0.05) is 27.2 Å². The molecule has 2 aromatic rings. The van der Waals surface area contributed by atoms with Gasteiger partial charge in [0, 0.05) is 24.8 Å². The van der Waals surface area contributed by atoms with Crippen LogP contribution in [0.5, 0.6) is 0 Å². The third-order valence-electron chi connectivity index (χ3n) is 6.23. The average Bonchev–Trinajstić information content (AvgIpc) is 3.23. The van der Waals surface area contributed by atoms with Crippen molar-refractivity contribution in [1.82, 2.24) is 24.6 Å². The Bertz CT molecular complexity index is 1240. The highest BCUT2D eigenvalue weighted by Gasteiger charge is 2.30. The first-order chi connectivity index (χ1) is 18.0. The van der Waals surface area contributed by atoms with Crippen LogP contribution < -0.4 is 15.4 Å². The van der Waals surface area contributed by atoms with Crippen LogP contribution in [0, 0.1) is 12.8 Å². The summed E-state index contributed by atoms with van der Waals surface area (Å²) in [7, 11) is -3.85. The van der Waals surface area contributed by atoms with Gasteiger partial charge in [0.05, 0.1) is 25.8 Å². The summed E-state index contributed by atoms with van der Waals surface area (Å²) in [6.45, 7) is 7.93. The topological polar surface area (TPSA) is 160 Å². The van der Waals surface area contributed by atoms with E-state index in [9.17, 15) is 22.8 Å². The molecule has 2 aromatic heterocycles. The highest BCUT2D eigenvalue weighted by Crippen LogP contribution is 2.23. The van der Waals surface area contributed by atoms with Crippen LogP contribution in [0.1, 0.15) is 56.2 Å². The summed E-state index contributed by atoms with van der Waals surface area (Å²) >= 11 is 0. The Morgan fingerprint density at radius 1 is 1.13 bits per heavy atom. The number of morpholine rings is 1. The molecule has 0 saturated carbocycles. The molecule has 3 heterocycles. The van der Waals surface area contributed by atoms with Gasteiger partial charge in [-0.05, 0) is 37.8 Å². The van der Waals surface area contributed by atoms with E-state index in [1.54, 1.807) is 25.3 Å². The molecule has 0 spiro atoms. The number of aryl methyl sites for hydroxylation is 1. The quantitative estimate of drug-likeness (QED) is 0.336. The number of hydrogen-bond donors (Lipinski definition) is 3. The number of hydrogen-bond acceptors (Lipinski definition) is 8. The fourth-order valence-corrected chi connectivity index (χ4v) is 5.37. The molecule has 38 heavy (non-hydrogen) atoms. The Balaban J connectivity index is 1.68. The second-order valence-corrected chi connectivity index (χ2v) is 11.5. The van der Waals surface area contributed by atoms with Crippen LogP contribution >= 0.6 is 0 Å². The Hall–Kier alpha value is -2.87. The Morgan fingerprint density at radius 3 is 2.47 bits per heavy atom. The summed E-state index contributed by atoms with van der Waals surface area (Å²) in [5.41, 5.74) is 1.59. The third kappa shape index (κ3) is 7.59. The van der Waals surface area contributed by atoms with Crippen LogP contribution in [0.15, 0.2) is 22.7 Å². The van der Waals surface area contributed by atoms with E-state index in [2.05, 4.69) is 20.3 Å². The minimum atomic E-state index is -3.85. The predicted octanol–water partition coefficient (Wildman–Crippen LogP) is 1.30. The molecule has 0 aliphatic carbocycles. The summed E-state index contributed by atoms with van der Waals surface area (Å²) in [5, 5.41) is 5.46. The van der Waals surface area contributed by atoms with Crippen LogP contribution in [-0.2, 0) is 24.5 Å². The molecular weight excluding hydrogens is 514 g/mol. The molecule has 210 valence electrons. The standard InChI is InChI=1S/C25H37N5O7S/c1-5-7-18(20(31)15-27-38(34,35)30-10-12-36-13-11-30)28-24(32)19(14-16(2)3)29-25(33)23-17(4)22-21(37-23)8-6-9-26-22/h6,8-9,16,18-19,27H,5,7,10-15H2,1-4H3,(H,28,32)(H,29,33)/t18?,19-/m0/s1. The first-order valence-electron chi connectivity index (χ1n) is 12.8. The molecule has 2 amide bonds. The van der Waals surface area contributed by atoms with Gasteiger partial charge in [0.15, 0.2) is 17.1 Å². The molecule has 2 atom stereocenters. The monoisotopic (exact) mass is 551 g/mol. The zero-order valence-electron chi connectivity index (χ0n) is 22.3. The van der Waals surface area contributed by atoms with E-state index < -0.39 is 46.4 Å². The van der Waals surface area contributed by atoms with Crippen molar-refractivity contribution < 1.29 is 32.0 Å². The summed E-state index contributed by atoms with van der Waals surface area (Å²) in [6, 6.07) is 1.57. The Morgan fingerprint density at radius 2 is 1.84 bits per heavy atom. The summed E-state index contributed by atoms with van der Waals surface area (Å²) in [5.74, 6) is -1.42. The molecule has 1 aliphatic heterocycles. The number of ether oxygens (including phenoxy) is 1. The number of Topliss-reactive ketones (excluding diaryl/α,β-unsaturated/α-hetero) is 1. The molecule has 1 fully saturated rings. The molecule has 3 N–H and O–H groups in total. The number of fused-ring (bicyclic) bond motifs is 1. The number of amides is 2. The number of nitrogens with one attached hydrogen (secondary N) is 3. The van der Waals surface area contributed by atoms with Gasteiger partial charge in [-0.25, -0.2) is 0 Å². The molecule has 1 saturated heterocycles. The lowest BCUT2D eigenvalue weighted by atomic mass is 10.0. The van der Waals surface area contributed by atoms with Crippen LogP contribution in [-0.4, -0.2) is 80.2 Å². The molecule has 12 nitrogen and oxygen atoms in total. The lowest BCUT2D eigenvalue weighted by molar-refractivity contribution is -0.128. The van der Waals surface area contributed by atoms with Gasteiger partial charge in [-0.2, -0.15) is 17.4 Å². The maximum atomic E-state index is 13.3. The maximum Gasteiger partial charge on any atom is 0.288 e. The molecule has 0 radical (unpaired) electrons. The zero-order chi connectivity index (χ0) is 27.9. The van der Waals surface area contributed by atoms with Crippen molar-refractivity contribution in [3.63, 3.8) is 0 Å². The number of pyridine rings is 1. The third-order valence-corrected chi connectivity index (χ3v) is 7.79. The number of rotatable bonds is 13. The van der Waals surface area contributed by atoms with Gasteiger partial charge in [-0.15, -0.1) is 0 Å². The average molecular weight is 552 g/mol. The normalized spacial score (nSPS) is 16.3. The molecule has 0 aromatic carbocycles. The highest BCUT2D eigenvalue weighted by molar-refractivity contribution is 7.87. The zero-order valence-corrected chi connectivity index (χ0v) is 23.1. The van der Waals surface area contributed by atoms with E-state index in [-0.39, 0.29) is 38.0 Å². The van der Waals surface area contributed by atoms with Gasteiger partial charge in [-0.3, -0.25) is 19.4 Å². The van der Waals surface area contributed by atoms with Crippen LogP contribution in [0.25, 0.3) is 11.1 Å². The van der Waals surface area contributed by atoms with Crippen molar-refractivity contribution in [2.75, 3.05) is 32.8 Å². The van der Waals surface area contributed by atoms with Crippen LogP contribution in [0.2, 0.25) is 0 Å².